The van der Waals surface area contributed by atoms with Gasteiger partial charge in [-0.05, 0) is 42.8 Å². The Hall–Kier alpha value is -3.28. The van der Waals surface area contributed by atoms with Gasteiger partial charge in [0, 0.05) is 6.07 Å². The summed E-state index contributed by atoms with van der Waals surface area (Å²) in [6.07, 6.45) is 1.66. The monoisotopic (exact) mass is 354 g/mol. The number of ether oxygens (including phenoxy) is 4. The van der Waals surface area contributed by atoms with Crippen molar-refractivity contribution in [1.29, 1.82) is 0 Å². The van der Waals surface area contributed by atoms with Gasteiger partial charge in [0.25, 0.3) is 0 Å². The minimum atomic E-state index is -0.453. The highest BCUT2D eigenvalue weighted by atomic mass is 16.6. The molecule has 1 heterocycles. The van der Waals surface area contributed by atoms with Crippen LogP contribution in [-0.2, 0) is 9.53 Å². The van der Waals surface area contributed by atoms with Gasteiger partial charge in [-0.3, -0.25) is 4.79 Å². The molecule has 1 aliphatic heterocycles. The summed E-state index contributed by atoms with van der Waals surface area (Å²) in [6.45, 7) is 2.28. The highest BCUT2D eigenvalue weighted by Gasteiger charge is 2.27. The molecule has 0 spiro atoms. The number of allylic oxidation sites excluding steroid dienone is 1. The second-order valence-electron chi connectivity index (χ2n) is 5.46. The molecule has 6 nitrogen and oxygen atoms in total. The average molecular weight is 354 g/mol. The van der Waals surface area contributed by atoms with E-state index in [0.717, 1.165) is 5.56 Å². The first-order valence-electron chi connectivity index (χ1n) is 8.11. The lowest BCUT2D eigenvalue weighted by Crippen LogP contribution is -2.12. The van der Waals surface area contributed by atoms with Gasteiger partial charge in [0.05, 0.1) is 19.3 Å². The fraction of sp³-hybridized carbons (Fsp3) is 0.200. The Labute approximate surface area is 150 Å². The fourth-order valence-corrected chi connectivity index (χ4v) is 2.44. The minimum Gasteiger partial charge on any atom is -0.494 e. The first-order valence-corrected chi connectivity index (χ1v) is 8.11. The summed E-state index contributed by atoms with van der Waals surface area (Å²) in [5.41, 5.74) is 1.29. The van der Waals surface area contributed by atoms with Crippen molar-refractivity contribution in [2.24, 2.45) is 0 Å². The van der Waals surface area contributed by atoms with E-state index in [1.165, 1.54) is 7.11 Å². The lowest BCUT2D eigenvalue weighted by Gasteiger charge is -2.05. The third kappa shape index (κ3) is 3.85. The molecule has 0 aromatic heterocycles. The number of rotatable bonds is 6. The van der Waals surface area contributed by atoms with E-state index in [9.17, 15) is 9.59 Å². The summed E-state index contributed by atoms with van der Waals surface area (Å²) in [6, 6.07) is 12.1. The van der Waals surface area contributed by atoms with Gasteiger partial charge in [0.15, 0.2) is 12.4 Å². The smallest absolute Gasteiger partial charge is 0.343 e. The summed E-state index contributed by atoms with van der Waals surface area (Å²) >= 11 is 0. The minimum absolute atomic E-state index is 0.157. The molecule has 0 amide bonds. The van der Waals surface area contributed by atoms with Gasteiger partial charge < -0.3 is 18.9 Å². The van der Waals surface area contributed by atoms with E-state index in [1.54, 1.807) is 48.5 Å². The second-order valence-corrected chi connectivity index (χ2v) is 5.46. The van der Waals surface area contributed by atoms with Crippen LogP contribution in [0.1, 0.15) is 22.8 Å². The Morgan fingerprint density at radius 1 is 1.08 bits per heavy atom. The maximum Gasteiger partial charge on any atom is 0.343 e. The molecule has 0 aliphatic carbocycles. The van der Waals surface area contributed by atoms with Gasteiger partial charge in [0.1, 0.15) is 17.2 Å². The molecule has 1 aliphatic rings. The molecule has 6 heteroatoms. The Bertz CT molecular complexity index is 851. The summed E-state index contributed by atoms with van der Waals surface area (Å²) in [5, 5.41) is 0. The van der Waals surface area contributed by atoms with Crippen LogP contribution in [0.5, 0.6) is 17.2 Å². The molecule has 2 aromatic carbocycles. The summed E-state index contributed by atoms with van der Waals surface area (Å²) < 4.78 is 20.9. The van der Waals surface area contributed by atoms with E-state index in [0.29, 0.717) is 29.4 Å². The van der Waals surface area contributed by atoms with Crippen molar-refractivity contribution in [2.75, 3.05) is 20.3 Å². The molecule has 0 unspecified atom stereocenters. The molecule has 134 valence electrons. The van der Waals surface area contributed by atoms with E-state index in [1.807, 2.05) is 6.92 Å². The lowest BCUT2D eigenvalue weighted by atomic mass is 10.1. The van der Waals surface area contributed by atoms with E-state index >= 15 is 0 Å². The number of hydrogen-bond acceptors (Lipinski definition) is 6. The first kappa shape index (κ1) is 17.5. The largest absolute Gasteiger partial charge is 0.494 e. The van der Waals surface area contributed by atoms with E-state index in [4.69, 9.17) is 14.2 Å². The first-order chi connectivity index (χ1) is 12.6. The number of carbonyl (C=O) groups excluding carboxylic acids is 2. The van der Waals surface area contributed by atoms with Crippen LogP contribution in [0.2, 0.25) is 0 Å². The Morgan fingerprint density at radius 2 is 1.81 bits per heavy atom. The zero-order chi connectivity index (χ0) is 18.5. The molecule has 0 radical (unpaired) electrons. The maximum atomic E-state index is 12.4. The molecular weight excluding hydrogens is 336 g/mol. The number of Topliss-reactive ketones (excluding diaryl/α,β-unsaturated/α-hetero) is 1. The third-order valence-corrected chi connectivity index (χ3v) is 3.71. The van der Waals surface area contributed by atoms with Crippen molar-refractivity contribution in [1.82, 2.24) is 0 Å². The predicted molar refractivity (Wildman–Crippen MR) is 94.5 cm³/mol. The van der Waals surface area contributed by atoms with Crippen LogP contribution in [-0.4, -0.2) is 32.1 Å². The number of hydrogen-bond donors (Lipinski definition) is 0. The molecule has 2 aromatic rings. The zero-order valence-corrected chi connectivity index (χ0v) is 14.5. The summed E-state index contributed by atoms with van der Waals surface area (Å²) in [7, 11) is 1.30. The number of fused-ring (bicyclic) bond motifs is 1. The molecule has 0 saturated carbocycles. The highest BCUT2D eigenvalue weighted by Crippen LogP contribution is 2.35. The van der Waals surface area contributed by atoms with Crippen LogP contribution in [0.25, 0.3) is 6.08 Å². The number of ketones is 1. The van der Waals surface area contributed by atoms with Crippen molar-refractivity contribution >= 4 is 17.8 Å². The van der Waals surface area contributed by atoms with Gasteiger partial charge in [-0.1, -0.05) is 12.1 Å². The van der Waals surface area contributed by atoms with Gasteiger partial charge in [0.2, 0.25) is 5.78 Å². The normalized spacial score (nSPS) is 13.9. The Morgan fingerprint density at radius 3 is 2.50 bits per heavy atom. The molecule has 0 bridgehead atoms. The lowest BCUT2D eigenvalue weighted by molar-refractivity contribution is -0.142. The zero-order valence-electron chi connectivity index (χ0n) is 14.5. The van der Waals surface area contributed by atoms with Gasteiger partial charge in [-0.2, -0.15) is 0 Å². The molecule has 0 saturated heterocycles. The van der Waals surface area contributed by atoms with Crippen molar-refractivity contribution < 1.29 is 28.5 Å². The summed E-state index contributed by atoms with van der Waals surface area (Å²) in [4.78, 5) is 23.5. The standard InChI is InChI=1S/C20H18O6/c1-3-24-15-8-9-16-17(11-15)26-18(20(16)22)10-13-4-6-14(7-5-13)25-12-19(21)23-2/h4-11H,3,12H2,1-2H3. The van der Waals surface area contributed by atoms with Crippen molar-refractivity contribution in [3.63, 3.8) is 0 Å². The number of methoxy groups -OCH3 is 1. The Balaban J connectivity index is 1.72. The third-order valence-electron chi connectivity index (χ3n) is 3.71. The van der Waals surface area contributed by atoms with Crippen LogP contribution in [0.3, 0.4) is 0 Å². The molecular formula is C20H18O6. The second kappa shape index (κ2) is 7.74. The van der Waals surface area contributed by atoms with Gasteiger partial charge in [-0.25, -0.2) is 4.79 Å². The van der Waals surface area contributed by atoms with E-state index < -0.39 is 5.97 Å². The number of benzene rings is 2. The summed E-state index contributed by atoms with van der Waals surface area (Å²) in [5.74, 6) is 1.30. The molecule has 3 rings (SSSR count). The highest BCUT2D eigenvalue weighted by molar-refractivity contribution is 6.14. The average Bonchev–Trinajstić information content (AvgIpc) is 2.96. The van der Waals surface area contributed by atoms with E-state index in [2.05, 4.69) is 4.74 Å². The quantitative estimate of drug-likeness (QED) is 0.586. The van der Waals surface area contributed by atoms with Gasteiger partial charge >= 0.3 is 5.97 Å². The van der Waals surface area contributed by atoms with Crippen LogP contribution in [0.4, 0.5) is 0 Å². The van der Waals surface area contributed by atoms with Crippen LogP contribution < -0.4 is 14.2 Å². The van der Waals surface area contributed by atoms with Crippen molar-refractivity contribution in [3.8, 4) is 17.2 Å². The topological polar surface area (TPSA) is 71.1 Å². The predicted octanol–water partition coefficient (Wildman–Crippen LogP) is 3.25. The van der Waals surface area contributed by atoms with Crippen LogP contribution in [0, 0.1) is 0 Å². The number of carbonyl (C=O) groups is 2. The number of esters is 1. The molecule has 0 N–H and O–H groups in total. The molecule has 0 fully saturated rings. The van der Waals surface area contributed by atoms with Crippen molar-refractivity contribution in [2.45, 2.75) is 6.92 Å². The SMILES string of the molecule is CCOc1ccc2c(c1)OC(=Cc1ccc(OCC(=O)OC)cc1)C2=O. The van der Waals surface area contributed by atoms with Crippen molar-refractivity contribution in [3.05, 3.63) is 59.4 Å². The molecule has 0 atom stereocenters. The van der Waals surface area contributed by atoms with Crippen LogP contribution >= 0.6 is 0 Å². The maximum absolute atomic E-state index is 12.4. The van der Waals surface area contributed by atoms with E-state index in [-0.39, 0.29) is 18.1 Å². The fourth-order valence-electron chi connectivity index (χ4n) is 2.44. The van der Waals surface area contributed by atoms with Gasteiger partial charge in [-0.15, -0.1) is 0 Å². The van der Waals surface area contributed by atoms with Crippen LogP contribution in [0.15, 0.2) is 48.2 Å². The molecule has 26 heavy (non-hydrogen) atoms. The Kier molecular flexibility index (Phi) is 5.22.